The van der Waals surface area contributed by atoms with Crippen LogP contribution in [0.1, 0.15) is 31.4 Å². The van der Waals surface area contributed by atoms with Gasteiger partial charge in [0.25, 0.3) is 0 Å². The fraction of sp³-hybridized carbons (Fsp3) is 0.526. The predicted molar refractivity (Wildman–Crippen MR) is 95.8 cm³/mol. The Morgan fingerprint density at radius 2 is 2.04 bits per heavy atom. The predicted octanol–water partition coefficient (Wildman–Crippen LogP) is 1.56. The van der Waals surface area contributed by atoms with Gasteiger partial charge in [-0.3, -0.25) is 9.69 Å². The molecule has 1 saturated heterocycles. The Morgan fingerprint density at radius 3 is 2.62 bits per heavy atom. The highest BCUT2D eigenvalue weighted by molar-refractivity contribution is 5.77. The first-order valence-electron chi connectivity index (χ1n) is 8.47. The second-order valence-corrected chi connectivity index (χ2v) is 6.17. The fourth-order valence-electron chi connectivity index (χ4n) is 2.97. The van der Waals surface area contributed by atoms with Crippen molar-refractivity contribution in [2.24, 2.45) is 0 Å². The SMILES string of the molecule is C#CCOc1ccc([C@H](C)NC2CCN(CC(=O)NC)CC2)cc1. The lowest BCUT2D eigenvalue weighted by molar-refractivity contribution is -0.122. The number of carbonyl (C=O) groups excluding carboxylic acids is 1. The van der Waals surface area contributed by atoms with Gasteiger partial charge in [-0.15, -0.1) is 6.42 Å². The molecule has 2 N–H and O–H groups in total. The molecular weight excluding hydrogens is 302 g/mol. The molecule has 5 heteroatoms. The van der Waals surface area contributed by atoms with E-state index in [-0.39, 0.29) is 11.9 Å². The molecule has 5 nitrogen and oxygen atoms in total. The third kappa shape index (κ3) is 5.55. The van der Waals surface area contributed by atoms with Gasteiger partial charge in [0.05, 0.1) is 6.54 Å². The molecule has 0 saturated carbocycles. The molecule has 0 radical (unpaired) electrons. The van der Waals surface area contributed by atoms with E-state index in [0.29, 0.717) is 19.2 Å². The van der Waals surface area contributed by atoms with Gasteiger partial charge >= 0.3 is 0 Å². The number of amides is 1. The molecule has 1 fully saturated rings. The molecule has 24 heavy (non-hydrogen) atoms. The Hall–Kier alpha value is -2.03. The molecule has 2 rings (SSSR count). The summed E-state index contributed by atoms with van der Waals surface area (Å²) < 4.78 is 5.40. The van der Waals surface area contributed by atoms with E-state index in [1.165, 1.54) is 5.56 Å². The van der Waals surface area contributed by atoms with E-state index in [1.807, 2.05) is 12.1 Å². The number of ether oxygens (including phenoxy) is 1. The lowest BCUT2D eigenvalue weighted by Gasteiger charge is -2.33. The monoisotopic (exact) mass is 329 g/mol. The van der Waals surface area contributed by atoms with Crippen molar-refractivity contribution < 1.29 is 9.53 Å². The molecule has 1 aromatic carbocycles. The molecule has 0 spiro atoms. The van der Waals surface area contributed by atoms with Gasteiger partial charge in [-0.1, -0.05) is 18.1 Å². The topological polar surface area (TPSA) is 53.6 Å². The molecule has 0 aromatic heterocycles. The van der Waals surface area contributed by atoms with E-state index in [9.17, 15) is 4.79 Å². The quantitative estimate of drug-likeness (QED) is 0.746. The van der Waals surface area contributed by atoms with Crippen LogP contribution in [-0.2, 0) is 4.79 Å². The first-order chi connectivity index (χ1) is 11.6. The van der Waals surface area contributed by atoms with Gasteiger partial charge in [-0.05, 0) is 37.5 Å². The van der Waals surface area contributed by atoms with Crippen molar-refractivity contribution in [2.45, 2.75) is 31.8 Å². The molecule has 1 aliphatic rings. The van der Waals surface area contributed by atoms with Gasteiger partial charge in [-0.2, -0.15) is 0 Å². The minimum absolute atomic E-state index is 0.0851. The van der Waals surface area contributed by atoms with Gasteiger partial charge in [-0.25, -0.2) is 0 Å². The van der Waals surface area contributed by atoms with Crippen molar-refractivity contribution in [2.75, 3.05) is 33.3 Å². The molecule has 1 heterocycles. The molecule has 1 amide bonds. The number of terminal acetylenes is 1. The normalized spacial score (nSPS) is 17.0. The molecule has 130 valence electrons. The van der Waals surface area contributed by atoms with Crippen LogP contribution in [0.2, 0.25) is 0 Å². The molecule has 0 aliphatic carbocycles. The zero-order valence-corrected chi connectivity index (χ0v) is 14.5. The van der Waals surface area contributed by atoms with E-state index in [4.69, 9.17) is 11.2 Å². The number of rotatable bonds is 7. The summed E-state index contributed by atoms with van der Waals surface area (Å²) in [5.74, 6) is 3.35. The van der Waals surface area contributed by atoms with E-state index in [2.05, 4.69) is 40.5 Å². The summed E-state index contributed by atoms with van der Waals surface area (Å²) in [7, 11) is 1.68. The van der Waals surface area contributed by atoms with Crippen LogP contribution in [-0.4, -0.2) is 50.1 Å². The largest absolute Gasteiger partial charge is 0.481 e. The number of carbonyl (C=O) groups is 1. The molecule has 1 aromatic rings. The molecular formula is C19H27N3O2. The number of nitrogens with one attached hydrogen (secondary N) is 2. The standard InChI is InChI=1S/C19H27N3O2/c1-4-13-24-18-7-5-16(6-8-18)15(2)21-17-9-11-22(12-10-17)14-19(23)20-3/h1,5-8,15,17,21H,9-14H2,2-3H3,(H,20,23)/t15-/m0/s1. The number of likely N-dealkylation sites (N-methyl/N-ethyl adjacent to an activating group) is 1. The maximum Gasteiger partial charge on any atom is 0.233 e. The second kappa shape index (κ2) is 9.31. The zero-order chi connectivity index (χ0) is 17.4. The highest BCUT2D eigenvalue weighted by Gasteiger charge is 2.21. The minimum atomic E-state index is 0.0851. The van der Waals surface area contributed by atoms with Crippen LogP contribution >= 0.6 is 0 Å². The van der Waals surface area contributed by atoms with Crippen LogP contribution in [0.25, 0.3) is 0 Å². The summed E-state index contributed by atoms with van der Waals surface area (Å²) in [6, 6.07) is 8.82. The van der Waals surface area contributed by atoms with Gasteiger partial charge < -0.3 is 15.4 Å². The Labute approximate surface area is 144 Å². The number of hydrogen-bond donors (Lipinski definition) is 2. The van der Waals surface area contributed by atoms with Crippen molar-refractivity contribution in [3.63, 3.8) is 0 Å². The van der Waals surface area contributed by atoms with Crippen molar-refractivity contribution in [1.82, 2.24) is 15.5 Å². The summed E-state index contributed by atoms with van der Waals surface area (Å²) in [5, 5.41) is 6.36. The maximum absolute atomic E-state index is 11.4. The minimum Gasteiger partial charge on any atom is -0.481 e. The zero-order valence-electron chi connectivity index (χ0n) is 14.5. The van der Waals surface area contributed by atoms with Gasteiger partial charge in [0.1, 0.15) is 12.4 Å². The summed E-state index contributed by atoms with van der Waals surface area (Å²) in [5.41, 5.74) is 1.23. The Kier molecular flexibility index (Phi) is 7.10. The highest BCUT2D eigenvalue weighted by Crippen LogP contribution is 2.20. The van der Waals surface area contributed by atoms with Crippen molar-refractivity contribution in [1.29, 1.82) is 0 Å². The summed E-state index contributed by atoms with van der Waals surface area (Å²) >= 11 is 0. The molecule has 0 bridgehead atoms. The first-order valence-corrected chi connectivity index (χ1v) is 8.47. The van der Waals surface area contributed by atoms with Gasteiger partial charge in [0, 0.05) is 32.2 Å². The molecule has 0 unspecified atom stereocenters. The average molecular weight is 329 g/mol. The number of piperidine rings is 1. The van der Waals surface area contributed by atoms with E-state index in [0.717, 1.165) is 31.7 Å². The van der Waals surface area contributed by atoms with Crippen molar-refractivity contribution in [3.8, 4) is 18.1 Å². The molecule has 1 atom stereocenters. The van der Waals surface area contributed by atoms with Crippen LogP contribution in [0.15, 0.2) is 24.3 Å². The summed E-state index contributed by atoms with van der Waals surface area (Å²) in [6.07, 6.45) is 7.31. The third-order valence-electron chi connectivity index (χ3n) is 4.42. The third-order valence-corrected chi connectivity index (χ3v) is 4.42. The fourth-order valence-corrected chi connectivity index (χ4v) is 2.97. The number of likely N-dealkylation sites (tertiary alicyclic amines) is 1. The van der Waals surface area contributed by atoms with Crippen LogP contribution in [0.4, 0.5) is 0 Å². The number of nitrogens with zero attached hydrogens (tertiary/aromatic N) is 1. The number of benzene rings is 1. The Morgan fingerprint density at radius 1 is 1.38 bits per heavy atom. The average Bonchev–Trinajstić information content (AvgIpc) is 2.61. The Bertz CT molecular complexity index is 557. The second-order valence-electron chi connectivity index (χ2n) is 6.17. The highest BCUT2D eigenvalue weighted by atomic mass is 16.5. The lowest BCUT2D eigenvalue weighted by Crippen LogP contribution is -2.46. The van der Waals surface area contributed by atoms with Crippen molar-refractivity contribution >= 4 is 5.91 Å². The van der Waals surface area contributed by atoms with E-state index >= 15 is 0 Å². The lowest BCUT2D eigenvalue weighted by atomic mass is 10.0. The van der Waals surface area contributed by atoms with Gasteiger partial charge in [0.15, 0.2) is 0 Å². The van der Waals surface area contributed by atoms with Crippen LogP contribution < -0.4 is 15.4 Å². The summed E-state index contributed by atoms with van der Waals surface area (Å²) in [4.78, 5) is 13.6. The first kappa shape index (κ1) is 18.3. The van der Waals surface area contributed by atoms with Crippen LogP contribution in [0, 0.1) is 12.3 Å². The maximum atomic E-state index is 11.4. The smallest absolute Gasteiger partial charge is 0.233 e. The summed E-state index contributed by atoms with van der Waals surface area (Å²) in [6.45, 7) is 4.88. The van der Waals surface area contributed by atoms with Crippen LogP contribution in [0.5, 0.6) is 5.75 Å². The van der Waals surface area contributed by atoms with Crippen molar-refractivity contribution in [3.05, 3.63) is 29.8 Å². The Balaban J connectivity index is 1.78. The van der Waals surface area contributed by atoms with E-state index in [1.54, 1.807) is 7.05 Å². The van der Waals surface area contributed by atoms with Crippen LogP contribution in [0.3, 0.4) is 0 Å². The van der Waals surface area contributed by atoms with Gasteiger partial charge in [0.2, 0.25) is 5.91 Å². The number of hydrogen-bond acceptors (Lipinski definition) is 4. The molecule has 1 aliphatic heterocycles. The van der Waals surface area contributed by atoms with E-state index < -0.39 is 0 Å².